The van der Waals surface area contributed by atoms with E-state index in [2.05, 4.69) is 31.1 Å². The zero-order valence-corrected chi connectivity index (χ0v) is 10.2. The van der Waals surface area contributed by atoms with E-state index in [1.165, 1.54) is 11.3 Å². The summed E-state index contributed by atoms with van der Waals surface area (Å²) in [6.07, 6.45) is 4.35. The number of nitrogens with zero attached hydrogens (tertiary/aromatic N) is 1. The van der Waals surface area contributed by atoms with Crippen LogP contribution in [0.2, 0.25) is 0 Å². The summed E-state index contributed by atoms with van der Waals surface area (Å²) in [5, 5.41) is 3.37. The van der Waals surface area contributed by atoms with Gasteiger partial charge in [-0.2, -0.15) is 0 Å². The van der Waals surface area contributed by atoms with Crippen LogP contribution in [-0.2, 0) is 6.42 Å². The highest BCUT2D eigenvalue weighted by molar-refractivity contribution is 7.09. The summed E-state index contributed by atoms with van der Waals surface area (Å²) in [7, 11) is 0. The minimum atomic E-state index is 0.384. The minimum Gasteiger partial charge on any atom is -0.317 e. The Balaban J connectivity index is 2.33. The molecule has 0 radical (unpaired) electrons. The smallest absolute Gasteiger partial charge is 0.0794 e. The van der Waals surface area contributed by atoms with Gasteiger partial charge in [0.25, 0.3) is 0 Å². The van der Waals surface area contributed by atoms with Crippen LogP contribution in [0, 0.1) is 5.41 Å². The predicted molar refractivity (Wildman–Crippen MR) is 62.8 cm³/mol. The second-order valence-electron chi connectivity index (χ2n) is 4.41. The molecule has 0 atom stereocenters. The van der Waals surface area contributed by atoms with Gasteiger partial charge in [-0.25, -0.2) is 0 Å². The summed E-state index contributed by atoms with van der Waals surface area (Å²) in [6, 6.07) is 0. The second-order valence-corrected chi connectivity index (χ2v) is 5.38. The fourth-order valence-corrected chi connectivity index (χ4v) is 2.35. The average Bonchev–Trinajstić information content (AvgIpc) is 2.56. The van der Waals surface area contributed by atoms with Gasteiger partial charge in [0.1, 0.15) is 0 Å². The van der Waals surface area contributed by atoms with Gasteiger partial charge < -0.3 is 5.32 Å². The molecule has 1 heterocycles. The Morgan fingerprint density at radius 1 is 1.50 bits per heavy atom. The summed E-state index contributed by atoms with van der Waals surface area (Å²) < 4.78 is 0. The molecule has 1 aromatic heterocycles. The zero-order chi connectivity index (χ0) is 10.4. The third-order valence-corrected chi connectivity index (χ3v) is 3.14. The van der Waals surface area contributed by atoms with Crippen molar-refractivity contribution in [3.63, 3.8) is 0 Å². The van der Waals surface area contributed by atoms with Crippen LogP contribution in [0.5, 0.6) is 0 Å². The van der Waals surface area contributed by atoms with Crippen molar-refractivity contribution < 1.29 is 0 Å². The first-order valence-corrected chi connectivity index (χ1v) is 6.10. The molecule has 0 amide bonds. The molecular formula is C11H20N2S. The van der Waals surface area contributed by atoms with Crippen LogP contribution in [0.1, 0.15) is 32.1 Å². The molecule has 0 spiro atoms. The normalized spacial score (nSPS) is 11.9. The average molecular weight is 212 g/mol. The quantitative estimate of drug-likeness (QED) is 0.733. The SMILES string of the molecule is CCNCCC(C)(C)Cc1cncs1. The van der Waals surface area contributed by atoms with Crippen molar-refractivity contribution >= 4 is 11.3 Å². The lowest BCUT2D eigenvalue weighted by Crippen LogP contribution is -2.23. The van der Waals surface area contributed by atoms with Crippen LogP contribution < -0.4 is 5.32 Å². The number of hydrogen-bond donors (Lipinski definition) is 1. The summed E-state index contributed by atoms with van der Waals surface area (Å²) in [4.78, 5) is 5.50. The van der Waals surface area contributed by atoms with Gasteiger partial charge in [-0.1, -0.05) is 20.8 Å². The van der Waals surface area contributed by atoms with Crippen molar-refractivity contribution in [3.8, 4) is 0 Å². The number of thiazole rings is 1. The van der Waals surface area contributed by atoms with Crippen LogP contribution in [0.4, 0.5) is 0 Å². The van der Waals surface area contributed by atoms with Crippen molar-refractivity contribution in [3.05, 3.63) is 16.6 Å². The molecular weight excluding hydrogens is 192 g/mol. The topological polar surface area (TPSA) is 24.9 Å². The number of aromatic nitrogens is 1. The van der Waals surface area contributed by atoms with Crippen LogP contribution in [-0.4, -0.2) is 18.1 Å². The fourth-order valence-electron chi connectivity index (χ4n) is 1.49. The summed E-state index contributed by atoms with van der Waals surface area (Å²) >= 11 is 1.76. The number of nitrogens with one attached hydrogen (secondary N) is 1. The molecule has 0 fully saturated rings. The minimum absolute atomic E-state index is 0.384. The van der Waals surface area contributed by atoms with Gasteiger partial charge in [-0.15, -0.1) is 11.3 Å². The fraction of sp³-hybridized carbons (Fsp3) is 0.727. The summed E-state index contributed by atoms with van der Waals surface area (Å²) in [6.45, 7) is 8.98. The van der Waals surface area contributed by atoms with E-state index in [1.54, 1.807) is 11.3 Å². The Bertz CT molecular complexity index is 242. The van der Waals surface area contributed by atoms with Crippen molar-refractivity contribution in [1.82, 2.24) is 10.3 Å². The molecule has 1 rings (SSSR count). The molecule has 0 aliphatic heterocycles. The lowest BCUT2D eigenvalue weighted by Gasteiger charge is -2.23. The van der Waals surface area contributed by atoms with Crippen LogP contribution in [0.25, 0.3) is 0 Å². The molecule has 3 heteroatoms. The van der Waals surface area contributed by atoms with Gasteiger partial charge >= 0.3 is 0 Å². The number of hydrogen-bond acceptors (Lipinski definition) is 3. The molecule has 0 aliphatic rings. The van der Waals surface area contributed by atoms with Crippen molar-refractivity contribution in [1.29, 1.82) is 0 Å². The molecule has 1 aromatic rings. The van der Waals surface area contributed by atoms with E-state index < -0.39 is 0 Å². The van der Waals surface area contributed by atoms with E-state index >= 15 is 0 Å². The predicted octanol–water partition coefficient (Wildman–Crippen LogP) is 2.71. The molecule has 0 aromatic carbocycles. The Morgan fingerprint density at radius 3 is 2.86 bits per heavy atom. The lowest BCUT2D eigenvalue weighted by molar-refractivity contribution is 0.329. The summed E-state index contributed by atoms with van der Waals surface area (Å²) in [5.74, 6) is 0. The van der Waals surface area contributed by atoms with Gasteiger partial charge in [-0.05, 0) is 31.3 Å². The molecule has 0 unspecified atom stereocenters. The van der Waals surface area contributed by atoms with E-state index in [1.807, 2.05) is 11.7 Å². The Morgan fingerprint density at radius 2 is 2.29 bits per heavy atom. The van der Waals surface area contributed by atoms with E-state index in [0.29, 0.717) is 5.41 Å². The van der Waals surface area contributed by atoms with E-state index in [4.69, 9.17) is 0 Å². The highest BCUT2D eigenvalue weighted by Gasteiger charge is 2.18. The van der Waals surface area contributed by atoms with Gasteiger partial charge in [0, 0.05) is 11.1 Å². The molecule has 2 nitrogen and oxygen atoms in total. The Hall–Kier alpha value is -0.410. The molecule has 0 saturated carbocycles. The van der Waals surface area contributed by atoms with E-state index in [9.17, 15) is 0 Å². The first-order chi connectivity index (χ1) is 6.64. The maximum Gasteiger partial charge on any atom is 0.0794 e. The first-order valence-electron chi connectivity index (χ1n) is 5.22. The molecule has 0 aliphatic carbocycles. The number of rotatable bonds is 6. The maximum atomic E-state index is 4.11. The maximum absolute atomic E-state index is 4.11. The zero-order valence-electron chi connectivity index (χ0n) is 9.34. The molecule has 1 N–H and O–H groups in total. The molecule has 80 valence electrons. The first kappa shape index (κ1) is 11.7. The third kappa shape index (κ3) is 4.20. The van der Waals surface area contributed by atoms with Gasteiger partial charge in [0.15, 0.2) is 0 Å². The van der Waals surface area contributed by atoms with E-state index in [0.717, 1.165) is 19.5 Å². The molecule has 0 saturated heterocycles. The van der Waals surface area contributed by atoms with Gasteiger partial charge in [-0.3, -0.25) is 4.98 Å². The Labute approximate surface area is 90.8 Å². The largest absolute Gasteiger partial charge is 0.317 e. The van der Waals surface area contributed by atoms with Crippen LogP contribution in [0.15, 0.2) is 11.7 Å². The highest BCUT2D eigenvalue weighted by Crippen LogP contribution is 2.26. The van der Waals surface area contributed by atoms with Crippen LogP contribution >= 0.6 is 11.3 Å². The molecule has 14 heavy (non-hydrogen) atoms. The van der Waals surface area contributed by atoms with E-state index in [-0.39, 0.29) is 0 Å². The monoisotopic (exact) mass is 212 g/mol. The standard InChI is InChI=1S/C11H20N2S/c1-4-12-6-5-11(2,3)7-10-8-13-9-14-10/h8-9,12H,4-7H2,1-3H3. The van der Waals surface area contributed by atoms with Gasteiger partial charge in [0.05, 0.1) is 5.51 Å². The second kappa shape index (κ2) is 5.47. The van der Waals surface area contributed by atoms with Crippen molar-refractivity contribution in [2.75, 3.05) is 13.1 Å². The van der Waals surface area contributed by atoms with Crippen molar-refractivity contribution in [2.24, 2.45) is 5.41 Å². The third-order valence-electron chi connectivity index (χ3n) is 2.36. The summed E-state index contributed by atoms with van der Waals surface area (Å²) in [5.41, 5.74) is 2.30. The Kier molecular flexibility index (Phi) is 4.55. The molecule has 0 bridgehead atoms. The van der Waals surface area contributed by atoms with Crippen LogP contribution in [0.3, 0.4) is 0 Å². The lowest BCUT2D eigenvalue weighted by atomic mass is 9.85. The van der Waals surface area contributed by atoms with Crippen molar-refractivity contribution in [2.45, 2.75) is 33.6 Å². The highest BCUT2D eigenvalue weighted by atomic mass is 32.1. The van der Waals surface area contributed by atoms with Gasteiger partial charge in [0.2, 0.25) is 0 Å².